The Morgan fingerprint density at radius 2 is 1.67 bits per heavy atom. The van der Waals surface area contributed by atoms with Crippen molar-refractivity contribution in [3.05, 3.63) is 58.6 Å². The molecule has 0 spiro atoms. The molecule has 0 bridgehead atoms. The summed E-state index contributed by atoms with van der Waals surface area (Å²) in [5.41, 5.74) is 1.12. The van der Waals surface area contributed by atoms with Gasteiger partial charge in [0.15, 0.2) is 6.10 Å². The highest BCUT2D eigenvalue weighted by molar-refractivity contribution is 5.96. The number of hydrogen-bond acceptors (Lipinski definition) is 5. The van der Waals surface area contributed by atoms with Gasteiger partial charge in [-0.1, -0.05) is 25.3 Å². The highest BCUT2D eigenvalue weighted by Crippen LogP contribution is 2.25. The summed E-state index contributed by atoms with van der Waals surface area (Å²) in [6.07, 6.45) is 4.37. The summed E-state index contributed by atoms with van der Waals surface area (Å²) in [6.45, 7) is 1.59. The van der Waals surface area contributed by atoms with E-state index in [1.165, 1.54) is 30.7 Å². The van der Waals surface area contributed by atoms with Crippen LogP contribution < -0.4 is 15.4 Å². The van der Waals surface area contributed by atoms with E-state index in [0.717, 1.165) is 25.7 Å². The molecule has 2 aromatic rings. The summed E-state index contributed by atoms with van der Waals surface area (Å²) in [6, 6.07) is 12.5. The average molecular weight is 411 g/mol. The number of ether oxygens (including phenoxy) is 1. The van der Waals surface area contributed by atoms with Crippen LogP contribution in [0.2, 0.25) is 0 Å². The Kier molecular flexibility index (Phi) is 7.00. The van der Waals surface area contributed by atoms with Gasteiger partial charge in [0.1, 0.15) is 5.75 Å². The molecule has 0 saturated heterocycles. The van der Waals surface area contributed by atoms with Crippen LogP contribution in [0.15, 0.2) is 48.5 Å². The number of benzene rings is 2. The Morgan fingerprint density at radius 3 is 2.30 bits per heavy atom. The van der Waals surface area contributed by atoms with E-state index in [2.05, 4.69) is 10.6 Å². The van der Waals surface area contributed by atoms with Crippen LogP contribution in [0.4, 0.5) is 17.1 Å². The fraction of sp³-hybridized carbons (Fsp3) is 0.364. The van der Waals surface area contributed by atoms with Crippen LogP contribution in [0.3, 0.4) is 0 Å². The van der Waals surface area contributed by atoms with Gasteiger partial charge in [-0.2, -0.15) is 0 Å². The van der Waals surface area contributed by atoms with Gasteiger partial charge in [0.2, 0.25) is 5.91 Å². The van der Waals surface area contributed by atoms with Crippen LogP contribution >= 0.6 is 0 Å². The molecule has 0 radical (unpaired) electrons. The lowest BCUT2D eigenvalue weighted by molar-refractivity contribution is -0.384. The smallest absolute Gasteiger partial charge is 0.269 e. The minimum Gasteiger partial charge on any atom is -0.481 e. The fourth-order valence-electron chi connectivity index (χ4n) is 3.43. The molecule has 1 aliphatic carbocycles. The van der Waals surface area contributed by atoms with Crippen molar-refractivity contribution in [3.63, 3.8) is 0 Å². The van der Waals surface area contributed by atoms with Crippen molar-refractivity contribution in [2.24, 2.45) is 5.92 Å². The third kappa shape index (κ3) is 5.79. The van der Waals surface area contributed by atoms with Gasteiger partial charge in [0.25, 0.3) is 11.6 Å². The number of anilines is 2. The van der Waals surface area contributed by atoms with E-state index in [1.807, 2.05) is 0 Å². The Hall–Kier alpha value is -3.42. The highest BCUT2D eigenvalue weighted by atomic mass is 16.6. The molecule has 0 aliphatic heterocycles. The Morgan fingerprint density at radius 1 is 1.03 bits per heavy atom. The number of carbonyl (C=O) groups is 2. The van der Waals surface area contributed by atoms with E-state index >= 15 is 0 Å². The van der Waals surface area contributed by atoms with Crippen molar-refractivity contribution in [1.82, 2.24) is 0 Å². The first-order chi connectivity index (χ1) is 14.4. The van der Waals surface area contributed by atoms with Crippen molar-refractivity contribution >= 4 is 28.9 Å². The van der Waals surface area contributed by atoms with Crippen LogP contribution in [0.5, 0.6) is 5.75 Å². The van der Waals surface area contributed by atoms with Crippen molar-refractivity contribution in [2.45, 2.75) is 45.1 Å². The van der Waals surface area contributed by atoms with E-state index in [1.54, 1.807) is 31.2 Å². The predicted octanol–water partition coefficient (Wildman–Crippen LogP) is 4.52. The van der Waals surface area contributed by atoms with E-state index in [9.17, 15) is 19.7 Å². The maximum absolute atomic E-state index is 12.4. The number of nitro groups is 1. The number of nitrogens with one attached hydrogen (secondary N) is 2. The molecule has 0 heterocycles. The summed E-state index contributed by atoms with van der Waals surface area (Å²) in [5, 5.41) is 16.4. The molecular formula is C22H25N3O5. The van der Waals surface area contributed by atoms with Crippen LogP contribution in [-0.4, -0.2) is 22.8 Å². The van der Waals surface area contributed by atoms with Gasteiger partial charge in [0.05, 0.1) is 4.92 Å². The first-order valence-corrected chi connectivity index (χ1v) is 10.1. The molecule has 8 heteroatoms. The zero-order valence-electron chi connectivity index (χ0n) is 16.8. The van der Waals surface area contributed by atoms with Crippen molar-refractivity contribution in [2.75, 3.05) is 10.6 Å². The van der Waals surface area contributed by atoms with Gasteiger partial charge in [-0.15, -0.1) is 0 Å². The number of carbonyl (C=O) groups excluding carboxylic acids is 2. The molecule has 2 aromatic carbocycles. The first-order valence-electron chi connectivity index (χ1n) is 10.1. The lowest BCUT2D eigenvalue weighted by atomic mass is 9.88. The molecule has 3 rings (SSSR count). The van der Waals surface area contributed by atoms with Gasteiger partial charge in [-0.3, -0.25) is 19.7 Å². The van der Waals surface area contributed by atoms with E-state index in [0.29, 0.717) is 17.1 Å². The fourth-order valence-corrected chi connectivity index (χ4v) is 3.43. The van der Waals surface area contributed by atoms with E-state index in [-0.39, 0.29) is 23.4 Å². The van der Waals surface area contributed by atoms with Crippen LogP contribution in [0.25, 0.3) is 0 Å². The zero-order chi connectivity index (χ0) is 21.5. The quantitative estimate of drug-likeness (QED) is 0.514. The summed E-state index contributed by atoms with van der Waals surface area (Å²) >= 11 is 0. The number of rotatable bonds is 7. The summed E-state index contributed by atoms with van der Waals surface area (Å²) in [7, 11) is 0. The predicted molar refractivity (Wildman–Crippen MR) is 113 cm³/mol. The van der Waals surface area contributed by atoms with Gasteiger partial charge in [-0.05, 0) is 50.1 Å². The summed E-state index contributed by atoms with van der Waals surface area (Å²) in [4.78, 5) is 35.1. The second-order valence-electron chi connectivity index (χ2n) is 7.41. The van der Waals surface area contributed by atoms with Crippen molar-refractivity contribution in [1.29, 1.82) is 0 Å². The van der Waals surface area contributed by atoms with Crippen molar-refractivity contribution in [3.8, 4) is 5.75 Å². The second kappa shape index (κ2) is 9.87. The van der Waals surface area contributed by atoms with E-state index < -0.39 is 11.0 Å². The largest absolute Gasteiger partial charge is 0.481 e. The van der Waals surface area contributed by atoms with Gasteiger partial charge >= 0.3 is 0 Å². The molecular weight excluding hydrogens is 386 g/mol. The lowest BCUT2D eigenvalue weighted by Crippen LogP contribution is -2.30. The van der Waals surface area contributed by atoms with Gasteiger partial charge in [-0.25, -0.2) is 0 Å². The summed E-state index contributed by atoms with van der Waals surface area (Å²) in [5.74, 6) is 0.0565. The molecule has 2 amide bonds. The van der Waals surface area contributed by atoms with Gasteiger partial charge < -0.3 is 15.4 Å². The molecule has 158 valence electrons. The molecule has 8 nitrogen and oxygen atoms in total. The molecule has 2 N–H and O–H groups in total. The first kappa shape index (κ1) is 21.3. The number of non-ortho nitro benzene ring substituents is 1. The molecule has 0 aromatic heterocycles. The molecule has 1 saturated carbocycles. The molecule has 1 fully saturated rings. The minimum atomic E-state index is -0.813. The van der Waals surface area contributed by atoms with E-state index in [4.69, 9.17) is 4.74 Å². The highest BCUT2D eigenvalue weighted by Gasteiger charge is 2.21. The molecule has 1 atom stereocenters. The number of hydrogen-bond donors (Lipinski definition) is 2. The zero-order valence-corrected chi connectivity index (χ0v) is 16.8. The minimum absolute atomic E-state index is 0.0213. The monoisotopic (exact) mass is 411 g/mol. The molecule has 1 aliphatic rings. The number of nitro benzene ring substituents is 1. The normalized spacial score (nSPS) is 15.1. The second-order valence-corrected chi connectivity index (χ2v) is 7.41. The topological polar surface area (TPSA) is 111 Å². The van der Waals surface area contributed by atoms with Crippen LogP contribution in [0, 0.1) is 16.0 Å². The Labute approximate surface area is 174 Å². The third-order valence-corrected chi connectivity index (χ3v) is 5.10. The maximum atomic E-state index is 12.4. The van der Waals surface area contributed by atoms with Crippen molar-refractivity contribution < 1.29 is 19.2 Å². The summed E-state index contributed by atoms with van der Waals surface area (Å²) < 4.78 is 5.55. The average Bonchev–Trinajstić information content (AvgIpc) is 2.75. The Bertz CT molecular complexity index is 907. The lowest BCUT2D eigenvalue weighted by Gasteiger charge is -2.21. The standard InChI is InChI=1S/C22H25N3O5/c1-15(30-20-12-10-19(11-13-20)25(28)29)21(26)23-17-8-5-9-18(14-17)24-22(27)16-6-3-2-4-7-16/h5,8-16H,2-4,6-7H2,1H3,(H,23,26)(H,24,27). The van der Waals surface area contributed by atoms with Crippen LogP contribution in [-0.2, 0) is 9.59 Å². The maximum Gasteiger partial charge on any atom is 0.269 e. The third-order valence-electron chi connectivity index (χ3n) is 5.10. The molecule has 1 unspecified atom stereocenters. The Balaban J connectivity index is 1.55. The SMILES string of the molecule is CC(Oc1ccc([N+](=O)[O-])cc1)C(=O)Nc1cccc(NC(=O)C2CCCCC2)c1. The van der Waals surface area contributed by atoms with Crippen LogP contribution in [0.1, 0.15) is 39.0 Å². The number of nitrogens with zero attached hydrogens (tertiary/aromatic N) is 1. The molecule has 30 heavy (non-hydrogen) atoms. The van der Waals surface area contributed by atoms with Gasteiger partial charge in [0, 0.05) is 29.4 Å². The number of amides is 2.